The normalized spacial score (nSPS) is 23.1. The fourth-order valence-corrected chi connectivity index (χ4v) is 2.51. The highest BCUT2D eigenvalue weighted by Crippen LogP contribution is 2.16. The molecule has 0 saturated carbocycles. The number of anilines is 1. The van der Waals surface area contributed by atoms with E-state index in [9.17, 15) is 4.79 Å². The SMILES string of the molecule is CC1CC(N)CCN1CC(=O)Nc1ccc(C#N)cc1. The van der Waals surface area contributed by atoms with Crippen LogP contribution in [0.2, 0.25) is 0 Å². The topological polar surface area (TPSA) is 82.2 Å². The summed E-state index contributed by atoms with van der Waals surface area (Å²) in [5, 5.41) is 11.6. The maximum Gasteiger partial charge on any atom is 0.238 e. The third kappa shape index (κ3) is 3.80. The number of nitriles is 1. The molecule has 20 heavy (non-hydrogen) atoms. The molecule has 3 N–H and O–H groups in total. The zero-order valence-corrected chi connectivity index (χ0v) is 11.7. The molecule has 1 aromatic rings. The van der Waals surface area contributed by atoms with Gasteiger partial charge in [-0.15, -0.1) is 0 Å². The third-order valence-corrected chi connectivity index (χ3v) is 3.70. The second-order valence-corrected chi connectivity index (χ2v) is 5.34. The molecule has 106 valence electrons. The van der Waals surface area contributed by atoms with E-state index in [0.29, 0.717) is 18.2 Å². The van der Waals surface area contributed by atoms with E-state index in [1.54, 1.807) is 24.3 Å². The number of carbonyl (C=O) groups is 1. The van der Waals surface area contributed by atoms with Gasteiger partial charge in [-0.2, -0.15) is 5.26 Å². The molecular weight excluding hydrogens is 252 g/mol. The van der Waals surface area contributed by atoms with Gasteiger partial charge in [0, 0.05) is 24.3 Å². The maximum atomic E-state index is 12.0. The van der Waals surface area contributed by atoms with E-state index >= 15 is 0 Å². The number of hydrogen-bond donors (Lipinski definition) is 2. The van der Waals surface area contributed by atoms with E-state index in [4.69, 9.17) is 11.0 Å². The van der Waals surface area contributed by atoms with Gasteiger partial charge in [-0.05, 0) is 44.0 Å². The molecule has 1 aliphatic rings. The Labute approximate surface area is 119 Å². The molecule has 2 rings (SSSR count). The van der Waals surface area contributed by atoms with Crippen molar-refractivity contribution < 1.29 is 4.79 Å². The van der Waals surface area contributed by atoms with Crippen LogP contribution in [0.15, 0.2) is 24.3 Å². The summed E-state index contributed by atoms with van der Waals surface area (Å²) in [6.45, 7) is 3.35. The summed E-state index contributed by atoms with van der Waals surface area (Å²) < 4.78 is 0. The highest BCUT2D eigenvalue weighted by Gasteiger charge is 2.24. The molecular formula is C15H20N4O. The monoisotopic (exact) mass is 272 g/mol. The van der Waals surface area contributed by atoms with Crippen LogP contribution >= 0.6 is 0 Å². The van der Waals surface area contributed by atoms with Crippen molar-refractivity contribution >= 4 is 11.6 Å². The van der Waals surface area contributed by atoms with E-state index < -0.39 is 0 Å². The molecule has 5 nitrogen and oxygen atoms in total. The number of nitrogens with two attached hydrogens (primary N) is 1. The van der Waals surface area contributed by atoms with Crippen molar-refractivity contribution in [3.63, 3.8) is 0 Å². The highest BCUT2D eigenvalue weighted by atomic mass is 16.2. The van der Waals surface area contributed by atoms with E-state index in [0.717, 1.165) is 25.1 Å². The predicted molar refractivity (Wildman–Crippen MR) is 78.0 cm³/mol. The Bertz CT molecular complexity index is 506. The van der Waals surface area contributed by atoms with Crippen LogP contribution in [0, 0.1) is 11.3 Å². The summed E-state index contributed by atoms with van der Waals surface area (Å²) in [5.74, 6) is -0.0305. The minimum absolute atomic E-state index is 0.0305. The summed E-state index contributed by atoms with van der Waals surface area (Å²) in [6.07, 6.45) is 1.87. The lowest BCUT2D eigenvalue weighted by molar-refractivity contribution is -0.118. The molecule has 2 atom stereocenters. The van der Waals surface area contributed by atoms with Crippen LogP contribution in [0.1, 0.15) is 25.3 Å². The predicted octanol–water partition coefficient (Wildman–Crippen LogP) is 1.31. The number of hydrogen-bond acceptors (Lipinski definition) is 4. The summed E-state index contributed by atoms with van der Waals surface area (Å²) >= 11 is 0. The molecule has 1 fully saturated rings. The molecule has 2 unspecified atom stereocenters. The van der Waals surface area contributed by atoms with Crippen molar-refractivity contribution in [1.29, 1.82) is 5.26 Å². The van der Waals surface area contributed by atoms with Gasteiger partial charge >= 0.3 is 0 Å². The molecule has 1 amide bonds. The standard InChI is InChI=1S/C15H20N4O/c1-11-8-13(17)6-7-19(11)10-15(20)18-14-4-2-12(9-16)3-5-14/h2-5,11,13H,6-8,10,17H2,1H3,(H,18,20). The number of likely N-dealkylation sites (tertiary alicyclic amines) is 1. The van der Waals surface area contributed by atoms with Crippen LogP contribution in [-0.4, -0.2) is 36.0 Å². The molecule has 0 aromatic heterocycles. The summed E-state index contributed by atoms with van der Waals surface area (Å²) in [6, 6.07) is 9.51. The van der Waals surface area contributed by atoms with Crippen LogP contribution in [-0.2, 0) is 4.79 Å². The van der Waals surface area contributed by atoms with E-state index in [-0.39, 0.29) is 11.9 Å². The average molecular weight is 272 g/mol. The van der Waals surface area contributed by atoms with Gasteiger partial charge < -0.3 is 11.1 Å². The number of amides is 1. The van der Waals surface area contributed by atoms with Gasteiger partial charge in [0.15, 0.2) is 0 Å². The van der Waals surface area contributed by atoms with Crippen LogP contribution in [0.5, 0.6) is 0 Å². The van der Waals surface area contributed by atoms with Crippen molar-refractivity contribution in [2.45, 2.75) is 31.8 Å². The summed E-state index contributed by atoms with van der Waals surface area (Å²) in [5.41, 5.74) is 7.22. The lowest BCUT2D eigenvalue weighted by Crippen LogP contribution is -2.48. The summed E-state index contributed by atoms with van der Waals surface area (Å²) in [4.78, 5) is 14.2. The lowest BCUT2D eigenvalue weighted by Gasteiger charge is -2.35. The van der Waals surface area contributed by atoms with Gasteiger partial charge in [0.1, 0.15) is 0 Å². The zero-order valence-electron chi connectivity index (χ0n) is 11.7. The molecule has 5 heteroatoms. The van der Waals surface area contributed by atoms with Crippen LogP contribution in [0.25, 0.3) is 0 Å². The van der Waals surface area contributed by atoms with E-state index in [1.165, 1.54) is 0 Å². The van der Waals surface area contributed by atoms with Crippen LogP contribution < -0.4 is 11.1 Å². The molecule has 1 heterocycles. The Hall–Kier alpha value is -1.90. The number of nitrogens with one attached hydrogen (secondary N) is 1. The van der Waals surface area contributed by atoms with Crippen molar-refractivity contribution in [3.8, 4) is 6.07 Å². The van der Waals surface area contributed by atoms with E-state index in [2.05, 4.69) is 23.2 Å². The first kappa shape index (κ1) is 14.5. The molecule has 0 bridgehead atoms. The smallest absolute Gasteiger partial charge is 0.238 e. The zero-order chi connectivity index (χ0) is 14.5. The number of piperidine rings is 1. The first-order chi connectivity index (χ1) is 9.58. The number of rotatable bonds is 3. The van der Waals surface area contributed by atoms with Gasteiger partial charge in [0.2, 0.25) is 5.91 Å². The highest BCUT2D eigenvalue weighted by molar-refractivity contribution is 5.92. The fraction of sp³-hybridized carbons (Fsp3) is 0.467. The molecule has 1 saturated heterocycles. The van der Waals surface area contributed by atoms with Crippen molar-refractivity contribution in [3.05, 3.63) is 29.8 Å². The second kappa shape index (κ2) is 6.51. The Morgan fingerprint density at radius 3 is 2.80 bits per heavy atom. The lowest BCUT2D eigenvalue weighted by atomic mass is 9.99. The van der Waals surface area contributed by atoms with Gasteiger partial charge in [-0.3, -0.25) is 9.69 Å². The molecule has 0 radical (unpaired) electrons. The molecule has 0 spiro atoms. The largest absolute Gasteiger partial charge is 0.328 e. The van der Waals surface area contributed by atoms with E-state index in [1.807, 2.05) is 0 Å². The van der Waals surface area contributed by atoms with Crippen molar-refractivity contribution in [2.24, 2.45) is 5.73 Å². The van der Waals surface area contributed by atoms with Crippen LogP contribution in [0.3, 0.4) is 0 Å². The maximum absolute atomic E-state index is 12.0. The minimum atomic E-state index is -0.0305. The summed E-state index contributed by atoms with van der Waals surface area (Å²) in [7, 11) is 0. The molecule has 1 aliphatic heterocycles. The van der Waals surface area contributed by atoms with Gasteiger partial charge in [0.05, 0.1) is 18.2 Å². The fourth-order valence-electron chi connectivity index (χ4n) is 2.51. The number of nitrogens with zero attached hydrogens (tertiary/aromatic N) is 2. The molecule has 0 aliphatic carbocycles. The van der Waals surface area contributed by atoms with Gasteiger partial charge in [-0.1, -0.05) is 0 Å². The Morgan fingerprint density at radius 1 is 1.50 bits per heavy atom. The second-order valence-electron chi connectivity index (χ2n) is 5.34. The van der Waals surface area contributed by atoms with Crippen LogP contribution in [0.4, 0.5) is 5.69 Å². The Morgan fingerprint density at radius 2 is 2.20 bits per heavy atom. The molecule has 1 aromatic carbocycles. The Kier molecular flexibility index (Phi) is 4.72. The first-order valence-corrected chi connectivity index (χ1v) is 6.88. The number of benzene rings is 1. The van der Waals surface area contributed by atoms with Gasteiger partial charge in [-0.25, -0.2) is 0 Å². The minimum Gasteiger partial charge on any atom is -0.328 e. The first-order valence-electron chi connectivity index (χ1n) is 6.88. The number of carbonyl (C=O) groups excluding carboxylic acids is 1. The van der Waals surface area contributed by atoms with Gasteiger partial charge in [0.25, 0.3) is 0 Å². The third-order valence-electron chi connectivity index (χ3n) is 3.70. The Balaban J connectivity index is 1.87. The quantitative estimate of drug-likeness (QED) is 0.869. The van der Waals surface area contributed by atoms with Crippen molar-refractivity contribution in [1.82, 2.24) is 4.90 Å². The van der Waals surface area contributed by atoms with Crippen molar-refractivity contribution in [2.75, 3.05) is 18.4 Å². The average Bonchev–Trinajstić information content (AvgIpc) is 2.43.